The number of nitriles is 1. The van der Waals surface area contributed by atoms with Crippen molar-refractivity contribution in [3.63, 3.8) is 0 Å². The monoisotopic (exact) mass is 604 g/mol. The summed E-state index contributed by atoms with van der Waals surface area (Å²) in [6.07, 6.45) is -0.162. The minimum absolute atomic E-state index is 0.0689. The lowest BCUT2D eigenvalue weighted by molar-refractivity contribution is -0.141. The molecule has 41 heavy (non-hydrogen) atoms. The molecule has 12 heteroatoms. The van der Waals surface area contributed by atoms with Crippen LogP contribution in [0.25, 0.3) is 16.0 Å². The van der Waals surface area contributed by atoms with Gasteiger partial charge in [0, 0.05) is 27.4 Å². The van der Waals surface area contributed by atoms with Gasteiger partial charge in [-0.1, -0.05) is 41.6 Å². The molecule has 2 aromatic heterocycles. The van der Waals surface area contributed by atoms with E-state index in [1.165, 1.54) is 23.1 Å². The standard InChI is InChI=1S/C29H25ClN6O3S2/c1-29(2)38-14-22(39-29)13-37-21-9-7-17(8-10-21)24-23(12-31)27(36-26(32)25(24)33-3)40-15-20-16-41-28(35-20)34-19-6-4-5-18(30)11-19/h4-11,16,22H,13-15H2,1-2H3,(H2,32,36)(H,34,35)/t22-/m0/s1. The van der Waals surface area contributed by atoms with E-state index in [-0.39, 0.29) is 23.2 Å². The van der Waals surface area contributed by atoms with Gasteiger partial charge in [-0.3, -0.25) is 0 Å². The molecule has 9 nitrogen and oxygen atoms in total. The number of thiazole rings is 1. The SMILES string of the molecule is [C-]#[N+]c1c(N)nc(SCc2csc(Nc3cccc(Cl)c3)n2)c(C#N)c1-c1ccc(OC[C@H]2COC(C)(C)O2)cc1. The number of aromatic nitrogens is 2. The summed E-state index contributed by atoms with van der Waals surface area (Å²) in [7, 11) is 0. The van der Waals surface area contributed by atoms with Gasteiger partial charge in [0.1, 0.15) is 35.4 Å². The van der Waals surface area contributed by atoms with Crippen LogP contribution in [0.4, 0.5) is 22.3 Å². The van der Waals surface area contributed by atoms with Gasteiger partial charge in [0.2, 0.25) is 5.69 Å². The van der Waals surface area contributed by atoms with Gasteiger partial charge in [-0.25, -0.2) is 14.8 Å². The molecule has 0 radical (unpaired) electrons. The van der Waals surface area contributed by atoms with Crippen LogP contribution in [0.3, 0.4) is 0 Å². The average molecular weight is 605 g/mol. The number of nitrogens with one attached hydrogen (secondary N) is 1. The first-order valence-electron chi connectivity index (χ1n) is 12.5. The third kappa shape index (κ3) is 6.91. The first-order chi connectivity index (χ1) is 19.7. The molecule has 1 fully saturated rings. The Kier molecular flexibility index (Phi) is 8.64. The Balaban J connectivity index is 1.32. The lowest BCUT2D eigenvalue weighted by Crippen LogP contribution is -2.25. The maximum absolute atomic E-state index is 10.1. The van der Waals surface area contributed by atoms with Crippen molar-refractivity contribution < 1.29 is 14.2 Å². The summed E-state index contributed by atoms with van der Waals surface area (Å²) < 4.78 is 17.2. The number of pyridine rings is 1. The van der Waals surface area contributed by atoms with Crippen LogP contribution in [0, 0.1) is 17.9 Å². The molecule has 0 spiro atoms. The quantitative estimate of drug-likeness (QED) is 0.148. The second-order valence-corrected chi connectivity index (χ2v) is 11.7. The van der Waals surface area contributed by atoms with Gasteiger partial charge in [0.15, 0.2) is 10.9 Å². The average Bonchev–Trinajstić information content (AvgIpc) is 3.55. The van der Waals surface area contributed by atoms with Crippen LogP contribution in [0.5, 0.6) is 5.75 Å². The number of halogens is 1. The zero-order valence-corrected chi connectivity index (χ0v) is 24.6. The number of hydrogen-bond acceptors (Lipinski definition) is 10. The molecule has 0 amide bonds. The van der Waals surface area contributed by atoms with E-state index in [0.29, 0.717) is 45.9 Å². The highest BCUT2D eigenvalue weighted by atomic mass is 35.5. The largest absolute Gasteiger partial charge is 0.491 e. The number of benzene rings is 2. The normalized spacial score (nSPS) is 15.7. The molecule has 0 bridgehead atoms. The van der Waals surface area contributed by atoms with Crippen molar-refractivity contribution in [1.82, 2.24) is 9.97 Å². The van der Waals surface area contributed by atoms with E-state index in [0.717, 1.165) is 16.5 Å². The first-order valence-corrected chi connectivity index (χ1v) is 14.7. The summed E-state index contributed by atoms with van der Waals surface area (Å²) in [5.41, 5.74) is 9.39. The minimum atomic E-state index is -0.617. The zero-order valence-electron chi connectivity index (χ0n) is 22.2. The molecule has 5 rings (SSSR count). The maximum Gasteiger partial charge on any atom is 0.236 e. The van der Waals surface area contributed by atoms with Crippen molar-refractivity contribution in [2.24, 2.45) is 0 Å². The highest BCUT2D eigenvalue weighted by Crippen LogP contribution is 2.42. The molecule has 1 saturated heterocycles. The Morgan fingerprint density at radius 3 is 2.78 bits per heavy atom. The minimum Gasteiger partial charge on any atom is -0.491 e. The zero-order chi connectivity index (χ0) is 29.0. The molecule has 0 saturated carbocycles. The Morgan fingerprint density at radius 1 is 1.29 bits per heavy atom. The highest BCUT2D eigenvalue weighted by molar-refractivity contribution is 7.98. The molecule has 208 valence electrons. The lowest BCUT2D eigenvalue weighted by atomic mass is 10.00. The number of hydrogen-bond donors (Lipinski definition) is 2. The highest BCUT2D eigenvalue weighted by Gasteiger charge is 2.33. The van der Waals surface area contributed by atoms with Crippen molar-refractivity contribution in [2.75, 3.05) is 24.3 Å². The van der Waals surface area contributed by atoms with Gasteiger partial charge < -0.3 is 25.3 Å². The first kappa shape index (κ1) is 28.7. The van der Waals surface area contributed by atoms with Crippen molar-refractivity contribution in [1.29, 1.82) is 5.26 Å². The fourth-order valence-corrected chi connectivity index (χ4v) is 6.10. The summed E-state index contributed by atoms with van der Waals surface area (Å²) in [6, 6.07) is 16.8. The number of rotatable bonds is 9. The number of nitrogen functional groups attached to an aromatic ring is 1. The Hall–Kier alpha value is -3.84. The number of anilines is 3. The molecule has 1 atom stereocenters. The van der Waals surface area contributed by atoms with Crippen molar-refractivity contribution in [2.45, 2.75) is 36.5 Å². The number of nitrogens with zero attached hydrogens (tertiary/aromatic N) is 4. The summed E-state index contributed by atoms with van der Waals surface area (Å²) in [5.74, 6) is 0.544. The number of thioether (sulfide) groups is 1. The van der Waals surface area contributed by atoms with Crippen molar-refractivity contribution in [3.05, 3.63) is 81.6 Å². The topological polar surface area (TPSA) is 120 Å². The van der Waals surface area contributed by atoms with Crippen molar-refractivity contribution >= 4 is 57.0 Å². The van der Waals surface area contributed by atoms with Gasteiger partial charge in [-0.05, 0) is 49.7 Å². The van der Waals surface area contributed by atoms with Gasteiger partial charge in [-0.2, -0.15) is 5.26 Å². The van der Waals surface area contributed by atoms with E-state index < -0.39 is 5.79 Å². The molecule has 3 N–H and O–H groups in total. The van der Waals surface area contributed by atoms with Crippen LogP contribution in [0.1, 0.15) is 25.1 Å². The fourth-order valence-electron chi connectivity index (χ4n) is 4.19. The van der Waals surface area contributed by atoms with Crippen LogP contribution < -0.4 is 15.8 Å². The summed E-state index contributed by atoms with van der Waals surface area (Å²) in [4.78, 5) is 12.6. The molecule has 4 aromatic rings. The lowest BCUT2D eigenvalue weighted by Gasteiger charge is -2.17. The maximum atomic E-state index is 10.1. The Bertz CT molecular complexity index is 1650. The summed E-state index contributed by atoms with van der Waals surface area (Å²) in [6.45, 7) is 12.2. The molecular weight excluding hydrogens is 580 g/mol. The molecule has 2 aromatic carbocycles. The smallest absolute Gasteiger partial charge is 0.236 e. The van der Waals surface area contributed by atoms with Gasteiger partial charge in [0.25, 0.3) is 0 Å². The number of ether oxygens (including phenoxy) is 3. The van der Waals surface area contributed by atoms with Crippen LogP contribution in [-0.2, 0) is 15.2 Å². The van der Waals surface area contributed by atoms with E-state index >= 15 is 0 Å². The molecule has 1 aliphatic heterocycles. The fraction of sp³-hybridized carbons (Fsp3) is 0.241. The van der Waals surface area contributed by atoms with Gasteiger partial charge in [-0.15, -0.1) is 11.3 Å². The third-order valence-corrected chi connectivity index (χ3v) is 8.07. The van der Waals surface area contributed by atoms with E-state index in [9.17, 15) is 5.26 Å². The second-order valence-electron chi connectivity index (χ2n) is 9.48. The predicted octanol–water partition coefficient (Wildman–Crippen LogP) is 7.43. The van der Waals surface area contributed by atoms with Crippen LogP contribution >= 0.6 is 34.7 Å². The van der Waals surface area contributed by atoms with E-state index in [1.807, 2.05) is 37.4 Å². The van der Waals surface area contributed by atoms with E-state index in [2.05, 4.69) is 26.2 Å². The molecule has 1 aliphatic rings. The van der Waals surface area contributed by atoms with Crippen LogP contribution in [0.15, 0.2) is 58.9 Å². The summed E-state index contributed by atoms with van der Waals surface area (Å²) >= 11 is 8.88. The Morgan fingerprint density at radius 2 is 2.10 bits per heavy atom. The molecule has 0 unspecified atom stereocenters. The number of nitrogens with two attached hydrogens (primary N) is 1. The van der Waals surface area contributed by atoms with Gasteiger partial charge in [0.05, 0.1) is 24.4 Å². The molecule has 0 aliphatic carbocycles. The molecule has 3 heterocycles. The van der Waals surface area contributed by atoms with E-state index in [1.54, 1.807) is 30.3 Å². The van der Waals surface area contributed by atoms with Crippen LogP contribution in [0.2, 0.25) is 5.02 Å². The predicted molar refractivity (Wildman–Crippen MR) is 162 cm³/mol. The second kappa shape index (κ2) is 12.4. The summed E-state index contributed by atoms with van der Waals surface area (Å²) in [5, 5.41) is 17.1. The van der Waals surface area contributed by atoms with Gasteiger partial charge >= 0.3 is 0 Å². The van der Waals surface area contributed by atoms with Crippen LogP contribution in [-0.4, -0.2) is 35.1 Å². The molecular formula is C29H25ClN6O3S2. The Labute approximate surface area is 251 Å². The third-order valence-electron chi connectivity index (χ3n) is 6.02. The van der Waals surface area contributed by atoms with E-state index in [4.69, 9.17) is 38.1 Å². The van der Waals surface area contributed by atoms with Crippen molar-refractivity contribution in [3.8, 4) is 22.9 Å².